The third-order valence-electron chi connectivity index (χ3n) is 7.46. The molecule has 4 heterocycles. The molecule has 1 atom stereocenters. The predicted octanol–water partition coefficient (Wildman–Crippen LogP) is 2.89. The molecule has 1 aromatic heterocycles. The standard InChI is InChI=1S/C27H30N4O3/c32-25-29-19-21(18-28-14-7-2-8-15-28)17-27(13-16-34-20-22-9-5-6-12-24(22)27)31(29)26(33)30(25)23-10-3-1-4-11-23/h1,3-6,9-12,17H,2,7-8,13-16,18-20H2. The number of ether oxygens (including phenoxy) is 1. The van der Waals surface area contributed by atoms with Gasteiger partial charge in [-0.3, -0.25) is 4.90 Å². The van der Waals surface area contributed by atoms with Crippen LogP contribution < -0.4 is 11.4 Å². The molecule has 2 aromatic carbocycles. The Balaban J connectivity index is 1.58. The van der Waals surface area contributed by atoms with Gasteiger partial charge in [-0.15, -0.1) is 0 Å². The molecular weight excluding hydrogens is 428 g/mol. The summed E-state index contributed by atoms with van der Waals surface area (Å²) in [6, 6.07) is 17.4. The molecule has 1 fully saturated rings. The van der Waals surface area contributed by atoms with Crippen molar-refractivity contribution in [2.24, 2.45) is 0 Å². The lowest BCUT2D eigenvalue weighted by molar-refractivity contribution is 0.109. The zero-order chi connectivity index (χ0) is 23.1. The molecule has 6 rings (SSSR count). The van der Waals surface area contributed by atoms with E-state index in [4.69, 9.17) is 4.74 Å². The van der Waals surface area contributed by atoms with Crippen LogP contribution in [0.2, 0.25) is 0 Å². The van der Waals surface area contributed by atoms with Crippen LogP contribution in [0.4, 0.5) is 0 Å². The van der Waals surface area contributed by atoms with Crippen molar-refractivity contribution in [2.45, 2.75) is 44.4 Å². The lowest BCUT2D eigenvalue weighted by Crippen LogP contribution is -2.49. The number of rotatable bonds is 3. The number of likely N-dealkylation sites (tertiary alicyclic amines) is 1. The molecule has 0 amide bonds. The number of hydrogen-bond donors (Lipinski definition) is 0. The summed E-state index contributed by atoms with van der Waals surface area (Å²) in [5.41, 5.74) is 2.54. The Morgan fingerprint density at radius 3 is 2.47 bits per heavy atom. The van der Waals surface area contributed by atoms with Crippen LogP contribution in [0.15, 0.2) is 75.8 Å². The fourth-order valence-corrected chi connectivity index (χ4v) is 5.92. The Bertz CT molecular complexity index is 1340. The molecule has 7 nitrogen and oxygen atoms in total. The first-order valence-electron chi connectivity index (χ1n) is 12.3. The van der Waals surface area contributed by atoms with Gasteiger partial charge >= 0.3 is 11.4 Å². The minimum Gasteiger partial charge on any atom is -0.377 e. The Morgan fingerprint density at radius 2 is 1.65 bits per heavy atom. The first-order chi connectivity index (χ1) is 16.7. The van der Waals surface area contributed by atoms with Gasteiger partial charge in [0.05, 0.1) is 18.8 Å². The highest BCUT2D eigenvalue weighted by molar-refractivity contribution is 5.41. The van der Waals surface area contributed by atoms with E-state index in [1.54, 1.807) is 9.36 Å². The molecule has 34 heavy (non-hydrogen) atoms. The summed E-state index contributed by atoms with van der Waals surface area (Å²) in [4.78, 5) is 30.2. The van der Waals surface area contributed by atoms with Crippen molar-refractivity contribution in [3.63, 3.8) is 0 Å². The Hall–Kier alpha value is -3.16. The fraction of sp³-hybridized carbons (Fsp3) is 0.407. The highest BCUT2D eigenvalue weighted by atomic mass is 16.5. The number of benzene rings is 2. The molecule has 1 unspecified atom stereocenters. The van der Waals surface area contributed by atoms with Crippen LogP contribution in [-0.2, 0) is 23.4 Å². The van der Waals surface area contributed by atoms with E-state index in [2.05, 4.69) is 23.1 Å². The van der Waals surface area contributed by atoms with E-state index in [-0.39, 0.29) is 11.4 Å². The molecule has 0 bridgehead atoms. The van der Waals surface area contributed by atoms with Crippen molar-refractivity contribution in [1.82, 2.24) is 18.8 Å². The second kappa shape index (κ2) is 8.56. The molecule has 1 spiro atoms. The second-order valence-electron chi connectivity index (χ2n) is 9.63. The molecule has 7 heteroatoms. The first kappa shape index (κ1) is 21.4. The minimum absolute atomic E-state index is 0.289. The van der Waals surface area contributed by atoms with Crippen LogP contribution in [-0.4, -0.2) is 45.1 Å². The van der Waals surface area contributed by atoms with Gasteiger partial charge in [0, 0.05) is 19.6 Å². The van der Waals surface area contributed by atoms with E-state index in [0.717, 1.165) is 30.8 Å². The molecule has 0 radical (unpaired) electrons. The largest absolute Gasteiger partial charge is 0.377 e. The Morgan fingerprint density at radius 1 is 0.882 bits per heavy atom. The van der Waals surface area contributed by atoms with Crippen molar-refractivity contribution in [3.05, 3.63) is 98.3 Å². The average Bonchev–Trinajstić information content (AvgIpc) is 3.00. The monoisotopic (exact) mass is 458 g/mol. The minimum atomic E-state index is -0.757. The zero-order valence-corrected chi connectivity index (χ0v) is 19.4. The molecule has 1 saturated heterocycles. The van der Waals surface area contributed by atoms with Crippen molar-refractivity contribution in [2.75, 3.05) is 26.2 Å². The SMILES string of the molecule is O=c1n(-c2ccccc2)c(=O)n2n1CC(CN1CCCCC1)=CC21CCOCc2ccccc21. The normalized spacial score (nSPS) is 22.6. The van der Waals surface area contributed by atoms with Crippen LogP contribution in [0.5, 0.6) is 0 Å². The summed E-state index contributed by atoms with van der Waals surface area (Å²) in [7, 11) is 0. The first-order valence-corrected chi connectivity index (χ1v) is 12.3. The van der Waals surface area contributed by atoms with Gasteiger partial charge in [-0.25, -0.2) is 23.5 Å². The molecule has 0 aliphatic carbocycles. The molecular formula is C27H30N4O3. The number of para-hydroxylation sites is 1. The number of fused-ring (bicyclic) bond motifs is 4. The number of hydrogen-bond acceptors (Lipinski definition) is 4. The van der Waals surface area contributed by atoms with Crippen LogP contribution in [0.25, 0.3) is 5.69 Å². The molecule has 3 aliphatic rings. The third-order valence-corrected chi connectivity index (χ3v) is 7.46. The predicted molar refractivity (Wildman–Crippen MR) is 130 cm³/mol. The quantitative estimate of drug-likeness (QED) is 0.567. The summed E-state index contributed by atoms with van der Waals surface area (Å²) in [6.45, 7) is 4.43. The molecule has 0 saturated carbocycles. The van der Waals surface area contributed by atoms with Gasteiger partial charge in [0.25, 0.3) is 0 Å². The van der Waals surface area contributed by atoms with E-state index >= 15 is 0 Å². The van der Waals surface area contributed by atoms with Crippen LogP contribution in [0, 0.1) is 0 Å². The summed E-state index contributed by atoms with van der Waals surface area (Å²) in [5, 5.41) is 0. The molecule has 0 N–H and O–H groups in total. The highest BCUT2D eigenvalue weighted by Gasteiger charge is 2.43. The van der Waals surface area contributed by atoms with E-state index in [0.29, 0.717) is 31.9 Å². The maximum Gasteiger partial charge on any atom is 0.352 e. The lowest BCUT2D eigenvalue weighted by Gasteiger charge is -2.39. The topological polar surface area (TPSA) is 61.4 Å². The fourth-order valence-electron chi connectivity index (χ4n) is 5.92. The number of aromatic nitrogens is 3. The van der Waals surface area contributed by atoms with Crippen molar-refractivity contribution in [1.29, 1.82) is 0 Å². The zero-order valence-electron chi connectivity index (χ0n) is 19.4. The van der Waals surface area contributed by atoms with E-state index in [1.165, 1.54) is 29.4 Å². The number of allylic oxidation sites excluding steroid dienone is 1. The van der Waals surface area contributed by atoms with Gasteiger partial charge in [0.1, 0.15) is 5.54 Å². The van der Waals surface area contributed by atoms with E-state index in [1.807, 2.05) is 42.5 Å². The third kappa shape index (κ3) is 3.42. The smallest absolute Gasteiger partial charge is 0.352 e. The summed E-state index contributed by atoms with van der Waals surface area (Å²) < 4.78 is 10.6. The van der Waals surface area contributed by atoms with E-state index in [9.17, 15) is 9.59 Å². The maximum atomic E-state index is 14.0. The maximum absolute atomic E-state index is 14.0. The van der Waals surface area contributed by atoms with Crippen molar-refractivity contribution >= 4 is 0 Å². The summed E-state index contributed by atoms with van der Waals surface area (Å²) in [6.07, 6.45) is 6.58. The summed E-state index contributed by atoms with van der Waals surface area (Å²) >= 11 is 0. The Labute approximate surface area is 198 Å². The van der Waals surface area contributed by atoms with Gasteiger partial charge in [-0.1, -0.05) is 48.9 Å². The van der Waals surface area contributed by atoms with Crippen molar-refractivity contribution < 1.29 is 4.74 Å². The van der Waals surface area contributed by atoms with Gasteiger partial charge in [-0.2, -0.15) is 0 Å². The van der Waals surface area contributed by atoms with Crippen molar-refractivity contribution in [3.8, 4) is 5.69 Å². The lowest BCUT2D eigenvalue weighted by atomic mass is 9.82. The van der Waals surface area contributed by atoms with Gasteiger partial charge < -0.3 is 4.74 Å². The van der Waals surface area contributed by atoms with Gasteiger partial charge in [0.15, 0.2) is 0 Å². The van der Waals surface area contributed by atoms with Gasteiger partial charge in [-0.05, 0) is 60.8 Å². The number of nitrogens with zero attached hydrogens (tertiary/aromatic N) is 4. The second-order valence-corrected chi connectivity index (χ2v) is 9.63. The highest BCUT2D eigenvalue weighted by Crippen LogP contribution is 2.39. The van der Waals surface area contributed by atoms with E-state index < -0.39 is 5.54 Å². The molecule has 3 aromatic rings. The average molecular weight is 459 g/mol. The van der Waals surface area contributed by atoms with Gasteiger partial charge in [0.2, 0.25) is 0 Å². The molecule has 3 aliphatic heterocycles. The van der Waals surface area contributed by atoms with Crippen LogP contribution >= 0.6 is 0 Å². The van der Waals surface area contributed by atoms with Crippen LogP contribution in [0.3, 0.4) is 0 Å². The summed E-state index contributed by atoms with van der Waals surface area (Å²) in [5.74, 6) is 0. The number of piperidine rings is 1. The van der Waals surface area contributed by atoms with Crippen LogP contribution in [0.1, 0.15) is 36.8 Å². The molecule has 176 valence electrons. The Kier molecular flexibility index (Phi) is 5.38.